The van der Waals surface area contributed by atoms with Crippen LogP contribution in [0.5, 0.6) is 0 Å². The van der Waals surface area contributed by atoms with Gasteiger partial charge >= 0.3 is 6.03 Å². The molecule has 0 aliphatic carbocycles. The topological polar surface area (TPSA) is 94.2 Å². The zero-order valence-corrected chi connectivity index (χ0v) is 10.4. The minimum Gasteiger partial charge on any atom is -0.332 e. The molecule has 0 aliphatic rings. The van der Waals surface area contributed by atoms with Gasteiger partial charge in [0, 0.05) is 23.1 Å². The summed E-state index contributed by atoms with van der Waals surface area (Å²) >= 11 is 0.962. The van der Waals surface area contributed by atoms with Crippen LogP contribution in [0.25, 0.3) is 0 Å². The number of benzene rings is 1. The van der Waals surface area contributed by atoms with Crippen LogP contribution < -0.4 is 10.9 Å². The second kappa shape index (κ2) is 5.44. The third kappa shape index (κ3) is 2.86. The maximum Gasteiger partial charge on any atom is 0.338 e. The van der Waals surface area contributed by atoms with Gasteiger partial charge in [0.1, 0.15) is 0 Å². The number of nitrogens with zero attached hydrogens (tertiary/aromatic N) is 2. The van der Waals surface area contributed by atoms with Crippen molar-refractivity contribution >= 4 is 23.3 Å². The monoisotopic (exact) mass is 279 g/mol. The number of carbonyl (C=O) groups is 1. The molecule has 0 saturated carbocycles. The highest BCUT2D eigenvalue weighted by Crippen LogP contribution is 2.17. The van der Waals surface area contributed by atoms with E-state index in [1.807, 2.05) is 0 Å². The first kappa shape index (κ1) is 13.0. The molecule has 1 heterocycles. The Morgan fingerprint density at radius 3 is 2.74 bits per heavy atom. The van der Waals surface area contributed by atoms with Crippen LogP contribution >= 0.6 is 11.5 Å². The number of rotatable bonds is 3. The van der Waals surface area contributed by atoms with Crippen LogP contribution in [-0.4, -0.2) is 14.9 Å². The van der Waals surface area contributed by atoms with Gasteiger partial charge in [0.25, 0.3) is 11.2 Å². The highest BCUT2D eigenvalue weighted by molar-refractivity contribution is 7.05. The molecule has 0 unspecified atom stereocenters. The van der Waals surface area contributed by atoms with Crippen molar-refractivity contribution in [3.63, 3.8) is 0 Å². The van der Waals surface area contributed by atoms with Gasteiger partial charge in [-0.1, -0.05) is 29.7 Å². The zero-order valence-electron chi connectivity index (χ0n) is 9.61. The fraction of sp³-hybridized carbons (Fsp3) is 0.0909. The molecule has 0 aliphatic heterocycles. The summed E-state index contributed by atoms with van der Waals surface area (Å²) in [6, 6.07) is 6.78. The maximum atomic E-state index is 11.7. The number of nitrogens with one attached hydrogen (secondary N) is 1. The Bertz CT molecular complexity index is 676. The predicted octanol–water partition coefficient (Wildman–Crippen LogP) is 1.58. The van der Waals surface area contributed by atoms with Crippen LogP contribution in [0.15, 0.2) is 40.5 Å². The fourth-order valence-electron chi connectivity index (χ4n) is 1.50. The standard InChI is InChI=1S/C11H9N3O4S/c15-10-5-6-19-13(10)11(16)12-7-8-3-1-2-4-9(8)14(17)18/h1-6H,7H2,(H,12,16). The van der Waals surface area contributed by atoms with E-state index in [4.69, 9.17) is 0 Å². The lowest BCUT2D eigenvalue weighted by atomic mass is 10.2. The normalized spacial score (nSPS) is 10.1. The molecule has 0 fully saturated rings. The van der Waals surface area contributed by atoms with Gasteiger partial charge in [0.15, 0.2) is 0 Å². The van der Waals surface area contributed by atoms with Gasteiger partial charge in [-0.3, -0.25) is 14.9 Å². The number of nitro benzene ring substituents is 1. The van der Waals surface area contributed by atoms with Gasteiger partial charge in [-0.2, -0.15) is 3.96 Å². The summed E-state index contributed by atoms with van der Waals surface area (Å²) < 4.78 is 0.939. The van der Waals surface area contributed by atoms with Crippen LogP contribution in [0.2, 0.25) is 0 Å². The lowest BCUT2D eigenvalue weighted by Gasteiger charge is -2.05. The van der Waals surface area contributed by atoms with Crippen molar-refractivity contribution in [2.24, 2.45) is 0 Å². The molecule has 7 nitrogen and oxygen atoms in total. The highest BCUT2D eigenvalue weighted by atomic mass is 32.1. The smallest absolute Gasteiger partial charge is 0.332 e. The molecule has 1 aromatic heterocycles. The van der Waals surface area contributed by atoms with Crippen LogP contribution in [0.3, 0.4) is 0 Å². The van der Waals surface area contributed by atoms with E-state index in [1.54, 1.807) is 18.2 Å². The molecule has 0 bridgehead atoms. The molecule has 0 radical (unpaired) electrons. The van der Waals surface area contributed by atoms with Crippen molar-refractivity contribution in [2.45, 2.75) is 6.54 Å². The van der Waals surface area contributed by atoms with Crippen LogP contribution in [0.1, 0.15) is 5.56 Å². The summed E-state index contributed by atoms with van der Waals surface area (Å²) in [5.74, 6) is 0. The van der Waals surface area contributed by atoms with Crippen molar-refractivity contribution in [3.8, 4) is 0 Å². The molecule has 1 aromatic carbocycles. The largest absolute Gasteiger partial charge is 0.338 e. The van der Waals surface area contributed by atoms with E-state index < -0.39 is 16.5 Å². The number of hydrogen-bond donors (Lipinski definition) is 1. The van der Waals surface area contributed by atoms with E-state index in [9.17, 15) is 19.7 Å². The second-order valence-corrected chi connectivity index (χ2v) is 4.43. The van der Waals surface area contributed by atoms with Gasteiger partial charge in [0.2, 0.25) is 0 Å². The van der Waals surface area contributed by atoms with E-state index in [-0.39, 0.29) is 12.2 Å². The molecule has 8 heteroatoms. The Hall–Kier alpha value is -2.48. The van der Waals surface area contributed by atoms with E-state index in [0.717, 1.165) is 15.5 Å². The summed E-state index contributed by atoms with van der Waals surface area (Å²) in [6.45, 7) is -0.0136. The lowest BCUT2D eigenvalue weighted by Crippen LogP contribution is -2.32. The van der Waals surface area contributed by atoms with Crippen LogP contribution in [-0.2, 0) is 6.54 Å². The van der Waals surface area contributed by atoms with Crippen LogP contribution in [0.4, 0.5) is 10.5 Å². The average molecular weight is 279 g/mol. The Balaban J connectivity index is 2.12. The van der Waals surface area contributed by atoms with Crippen molar-refractivity contribution in [1.29, 1.82) is 0 Å². The second-order valence-electron chi connectivity index (χ2n) is 3.59. The van der Waals surface area contributed by atoms with E-state index in [0.29, 0.717) is 5.56 Å². The third-order valence-electron chi connectivity index (χ3n) is 2.38. The molecule has 1 amide bonds. The van der Waals surface area contributed by atoms with Crippen molar-refractivity contribution in [3.05, 3.63) is 61.7 Å². The summed E-state index contributed by atoms with van der Waals surface area (Å²) in [7, 11) is 0. The lowest BCUT2D eigenvalue weighted by molar-refractivity contribution is -0.385. The van der Waals surface area contributed by atoms with Crippen molar-refractivity contribution in [2.75, 3.05) is 0 Å². The molecular formula is C11H9N3O4S. The van der Waals surface area contributed by atoms with Crippen molar-refractivity contribution < 1.29 is 9.72 Å². The minimum absolute atomic E-state index is 0.0136. The third-order valence-corrected chi connectivity index (χ3v) is 3.19. The molecule has 19 heavy (non-hydrogen) atoms. The van der Waals surface area contributed by atoms with Crippen molar-refractivity contribution in [1.82, 2.24) is 9.27 Å². The number of carbonyl (C=O) groups excluding carboxylic acids is 1. The molecule has 2 aromatic rings. The van der Waals surface area contributed by atoms with Gasteiger partial charge < -0.3 is 5.32 Å². The Morgan fingerprint density at radius 1 is 1.37 bits per heavy atom. The number of para-hydroxylation sites is 1. The Labute approximate surface area is 111 Å². The Morgan fingerprint density at radius 2 is 2.11 bits per heavy atom. The van der Waals surface area contributed by atoms with Gasteiger partial charge in [0.05, 0.1) is 11.5 Å². The first-order valence-electron chi connectivity index (χ1n) is 5.27. The Kier molecular flexibility index (Phi) is 3.71. The van der Waals surface area contributed by atoms with E-state index in [1.165, 1.54) is 17.5 Å². The summed E-state index contributed by atoms with van der Waals surface area (Å²) in [4.78, 5) is 33.2. The number of aromatic nitrogens is 1. The molecule has 1 N–H and O–H groups in total. The highest BCUT2D eigenvalue weighted by Gasteiger charge is 2.14. The molecule has 0 atom stereocenters. The summed E-state index contributed by atoms with van der Waals surface area (Å²) in [6.07, 6.45) is 0. The maximum absolute atomic E-state index is 11.7. The fourth-order valence-corrected chi connectivity index (χ4v) is 2.12. The summed E-state index contributed by atoms with van der Waals surface area (Å²) in [5.41, 5.74) is -0.114. The predicted molar refractivity (Wildman–Crippen MR) is 69.3 cm³/mol. The number of amides is 1. The molecule has 98 valence electrons. The zero-order chi connectivity index (χ0) is 13.8. The molecule has 0 saturated heterocycles. The van der Waals surface area contributed by atoms with Gasteiger partial charge in [-0.25, -0.2) is 4.79 Å². The van der Waals surface area contributed by atoms with Gasteiger partial charge in [-0.05, 0) is 0 Å². The first-order valence-corrected chi connectivity index (χ1v) is 6.11. The SMILES string of the molecule is O=C(NCc1ccccc1[N+](=O)[O-])n1sccc1=O. The van der Waals surface area contributed by atoms with Gasteiger partial charge in [-0.15, -0.1) is 0 Å². The quantitative estimate of drug-likeness (QED) is 0.681. The van der Waals surface area contributed by atoms with E-state index >= 15 is 0 Å². The number of nitro groups is 1. The van der Waals surface area contributed by atoms with Crippen LogP contribution in [0, 0.1) is 10.1 Å². The molecule has 0 spiro atoms. The molecule has 2 rings (SSSR count). The summed E-state index contributed by atoms with van der Waals surface area (Å²) in [5, 5.41) is 14.7. The first-order chi connectivity index (χ1) is 9.09. The molecular weight excluding hydrogens is 270 g/mol. The minimum atomic E-state index is -0.599. The van der Waals surface area contributed by atoms with E-state index in [2.05, 4.69) is 5.32 Å². The average Bonchev–Trinajstić information content (AvgIpc) is 2.82. The number of hydrogen-bond acceptors (Lipinski definition) is 5.